The molecule has 0 aliphatic heterocycles. The zero-order valence-electron chi connectivity index (χ0n) is 11.3. The molecule has 0 bridgehead atoms. The zero-order chi connectivity index (χ0) is 13.7. The van der Waals surface area contributed by atoms with Gasteiger partial charge in [0.15, 0.2) is 6.10 Å². The lowest BCUT2D eigenvalue weighted by Gasteiger charge is -2.15. The molecule has 0 aliphatic carbocycles. The second-order valence-electron chi connectivity index (χ2n) is 4.49. The maximum Gasteiger partial charge on any atom is 0.335 e. The molecule has 0 saturated heterocycles. The van der Waals surface area contributed by atoms with Crippen LogP contribution in [0.5, 0.6) is 0 Å². The van der Waals surface area contributed by atoms with Crippen LogP contribution in [-0.2, 0) is 20.7 Å². The van der Waals surface area contributed by atoms with Gasteiger partial charge in [0.2, 0.25) is 0 Å². The van der Waals surface area contributed by atoms with Gasteiger partial charge in [-0.15, -0.1) is 0 Å². The Morgan fingerprint density at radius 3 is 2.95 bits per heavy atom. The summed E-state index contributed by atoms with van der Waals surface area (Å²) in [5, 5.41) is 1.14. The number of H-pyrrole nitrogens is 1. The van der Waals surface area contributed by atoms with Gasteiger partial charge in [-0.2, -0.15) is 0 Å². The molecular weight excluding hydrogens is 242 g/mol. The van der Waals surface area contributed by atoms with Crippen molar-refractivity contribution in [2.24, 2.45) is 0 Å². The molecule has 2 rings (SSSR count). The first-order valence-electron chi connectivity index (χ1n) is 6.50. The number of benzene rings is 1. The molecule has 102 valence electrons. The second kappa shape index (κ2) is 6.38. The summed E-state index contributed by atoms with van der Waals surface area (Å²) in [7, 11) is 1.39. The number of fused-ring (bicyclic) bond motifs is 1. The van der Waals surface area contributed by atoms with Crippen molar-refractivity contribution in [1.82, 2.24) is 4.98 Å². The highest BCUT2D eigenvalue weighted by Crippen LogP contribution is 2.16. The van der Waals surface area contributed by atoms with Gasteiger partial charge < -0.3 is 14.5 Å². The Kier molecular flexibility index (Phi) is 4.58. The molecule has 4 heteroatoms. The van der Waals surface area contributed by atoms with Gasteiger partial charge in [-0.05, 0) is 35.6 Å². The molecule has 1 aromatic carbocycles. The van der Waals surface area contributed by atoms with Crippen LogP contribution in [0, 0.1) is 0 Å². The van der Waals surface area contributed by atoms with Crippen molar-refractivity contribution in [1.29, 1.82) is 0 Å². The molecule has 0 fully saturated rings. The van der Waals surface area contributed by atoms with Crippen LogP contribution in [0.2, 0.25) is 0 Å². The second-order valence-corrected chi connectivity index (χ2v) is 4.49. The van der Waals surface area contributed by atoms with Gasteiger partial charge in [-0.3, -0.25) is 0 Å². The van der Waals surface area contributed by atoms with Gasteiger partial charge >= 0.3 is 5.97 Å². The fourth-order valence-electron chi connectivity index (χ4n) is 2.05. The predicted molar refractivity (Wildman–Crippen MR) is 74.0 cm³/mol. The summed E-state index contributed by atoms with van der Waals surface area (Å²) in [4.78, 5) is 14.8. The molecule has 1 N–H and O–H groups in total. The maximum absolute atomic E-state index is 11.7. The normalized spacial score (nSPS) is 12.5. The van der Waals surface area contributed by atoms with Crippen LogP contribution < -0.4 is 0 Å². The third kappa shape index (κ3) is 3.35. The van der Waals surface area contributed by atoms with Gasteiger partial charge in [0.25, 0.3) is 0 Å². The van der Waals surface area contributed by atoms with E-state index in [1.165, 1.54) is 7.11 Å². The molecule has 0 saturated carbocycles. The SMILES string of the molecule is CCCOC(Cc1ccc2[nH]ccc2c1)C(=O)OC. The molecular formula is C15H19NO3. The number of esters is 1. The summed E-state index contributed by atoms with van der Waals surface area (Å²) in [6.07, 6.45) is 2.79. The lowest BCUT2D eigenvalue weighted by Crippen LogP contribution is -2.28. The van der Waals surface area contributed by atoms with E-state index in [4.69, 9.17) is 9.47 Å². The van der Waals surface area contributed by atoms with E-state index in [1.807, 2.05) is 31.3 Å². The van der Waals surface area contributed by atoms with Gasteiger partial charge in [0, 0.05) is 24.7 Å². The minimum Gasteiger partial charge on any atom is -0.467 e. The van der Waals surface area contributed by atoms with E-state index in [1.54, 1.807) is 0 Å². The van der Waals surface area contributed by atoms with E-state index in [-0.39, 0.29) is 5.97 Å². The Morgan fingerprint density at radius 2 is 2.21 bits per heavy atom. The lowest BCUT2D eigenvalue weighted by atomic mass is 10.1. The van der Waals surface area contributed by atoms with Crippen molar-refractivity contribution in [2.45, 2.75) is 25.9 Å². The number of carbonyl (C=O) groups is 1. The first-order valence-corrected chi connectivity index (χ1v) is 6.50. The number of carbonyl (C=O) groups excluding carboxylic acids is 1. The summed E-state index contributed by atoms with van der Waals surface area (Å²) < 4.78 is 10.3. The summed E-state index contributed by atoms with van der Waals surface area (Å²) in [5.74, 6) is -0.317. The van der Waals surface area contributed by atoms with Crippen molar-refractivity contribution in [3.8, 4) is 0 Å². The molecule has 4 nitrogen and oxygen atoms in total. The van der Waals surface area contributed by atoms with Crippen molar-refractivity contribution >= 4 is 16.9 Å². The molecule has 0 aliphatic rings. The molecule has 1 unspecified atom stereocenters. The lowest BCUT2D eigenvalue weighted by molar-refractivity contribution is -0.154. The largest absolute Gasteiger partial charge is 0.467 e. The van der Waals surface area contributed by atoms with E-state index in [9.17, 15) is 4.79 Å². The van der Waals surface area contributed by atoms with E-state index < -0.39 is 6.10 Å². The Balaban J connectivity index is 2.12. The standard InChI is InChI=1S/C15H19NO3/c1-3-8-19-14(15(17)18-2)10-11-4-5-13-12(9-11)6-7-16-13/h4-7,9,14,16H,3,8,10H2,1-2H3. The van der Waals surface area contributed by atoms with E-state index in [0.717, 1.165) is 22.9 Å². The molecule has 1 atom stereocenters. The quantitative estimate of drug-likeness (QED) is 0.813. The van der Waals surface area contributed by atoms with Gasteiger partial charge in [-0.1, -0.05) is 13.0 Å². The topological polar surface area (TPSA) is 51.3 Å². The fourth-order valence-corrected chi connectivity index (χ4v) is 2.05. The number of rotatable bonds is 6. The molecule has 1 heterocycles. The number of methoxy groups -OCH3 is 1. The van der Waals surface area contributed by atoms with Crippen LogP contribution in [0.25, 0.3) is 10.9 Å². The first kappa shape index (κ1) is 13.6. The molecule has 1 aromatic heterocycles. The van der Waals surface area contributed by atoms with Crippen LogP contribution in [0.4, 0.5) is 0 Å². The third-order valence-corrected chi connectivity index (χ3v) is 3.03. The van der Waals surface area contributed by atoms with Gasteiger partial charge in [-0.25, -0.2) is 4.79 Å². The van der Waals surface area contributed by atoms with Crippen molar-refractivity contribution in [3.63, 3.8) is 0 Å². The van der Waals surface area contributed by atoms with Crippen LogP contribution in [-0.4, -0.2) is 30.8 Å². The molecule has 19 heavy (non-hydrogen) atoms. The van der Waals surface area contributed by atoms with Crippen LogP contribution >= 0.6 is 0 Å². The summed E-state index contributed by atoms with van der Waals surface area (Å²) >= 11 is 0. The van der Waals surface area contributed by atoms with Crippen LogP contribution in [0.3, 0.4) is 0 Å². The van der Waals surface area contributed by atoms with Crippen LogP contribution in [0.15, 0.2) is 30.5 Å². The van der Waals surface area contributed by atoms with E-state index in [2.05, 4.69) is 11.1 Å². The molecule has 0 radical (unpaired) electrons. The van der Waals surface area contributed by atoms with E-state index >= 15 is 0 Å². The monoisotopic (exact) mass is 261 g/mol. The van der Waals surface area contributed by atoms with Crippen LogP contribution in [0.1, 0.15) is 18.9 Å². The maximum atomic E-state index is 11.7. The predicted octanol–water partition coefficient (Wildman–Crippen LogP) is 2.68. The molecule has 2 aromatic rings. The number of hydrogen-bond donors (Lipinski definition) is 1. The minimum atomic E-state index is -0.527. The van der Waals surface area contributed by atoms with Gasteiger partial charge in [0.05, 0.1) is 7.11 Å². The average molecular weight is 261 g/mol. The number of ether oxygens (including phenoxy) is 2. The van der Waals surface area contributed by atoms with Crippen molar-refractivity contribution in [2.75, 3.05) is 13.7 Å². The molecule has 0 spiro atoms. The number of hydrogen-bond acceptors (Lipinski definition) is 3. The zero-order valence-corrected chi connectivity index (χ0v) is 11.3. The minimum absolute atomic E-state index is 0.317. The van der Waals surface area contributed by atoms with Crippen molar-refractivity contribution < 1.29 is 14.3 Å². The smallest absolute Gasteiger partial charge is 0.335 e. The molecule has 0 amide bonds. The average Bonchev–Trinajstić information content (AvgIpc) is 2.90. The Hall–Kier alpha value is -1.81. The number of aromatic amines is 1. The fraction of sp³-hybridized carbons (Fsp3) is 0.400. The highest BCUT2D eigenvalue weighted by molar-refractivity contribution is 5.80. The summed E-state index contributed by atoms with van der Waals surface area (Å²) in [6.45, 7) is 2.58. The number of aromatic nitrogens is 1. The highest BCUT2D eigenvalue weighted by Gasteiger charge is 2.20. The number of nitrogens with one attached hydrogen (secondary N) is 1. The highest BCUT2D eigenvalue weighted by atomic mass is 16.6. The Bertz CT molecular complexity index is 547. The Labute approximate surface area is 112 Å². The Morgan fingerprint density at radius 1 is 1.37 bits per heavy atom. The summed E-state index contributed by atoms with van der Waals surface area (Å²) in [5.41, 5.74) is 2.16. The first-order chi connectivity index (χ1) is 9.24. The van der Waals surface area contributed by atoms with E-state index in [0.29, 0.717) is 13.0 Å². The van der Waals surface area contributed by atoms with Crippen molar-refractivity contribution in [3.05, 3.63) is 36.0 Å². The summed E-state index contributed by atoms with van der Waals surface area (Å²) in [6, 6.07) is 8.10. The van der Waals surface area contributed by atoms with Gasteiger partial charge in [0.1, 0.15) is 0 Å². The third-order valence-electron chi connectivity index (χ3n) is 3.03.